The monoisotopic (exact) mass is 468 g/mol. The number of rotatable bonds is 8. The third kappa shape index (κ3) is 7.58. The van der Waals surface area contributed by atoms with E-state index in [9.17, 15) is 13.2 Å². The summed E-state index contributed by atoms with van der Waals surface area (Å²) in [5.74, 6) is 0. The minimum Gasteiger partial charge on any atom is -0.444 e. The molecule has 176 valence electrons. The molecule has 0 saturated heterocycles. The Morgan fingerprint density at radius 1 is 0.939 bits per heavy atom. The molecule has 0 aliphatic heterocycles. The molecular formula is C26H32N2O4S. The maximum Gasteiger partial charge on any atom is 0.407 e. The summed E-state index contributed by atoms with van der Waals surface area (Å²) in [5.41, 5.74) is 2.38. The molecule has 1 amide bonds. The van der Waals surface area contributed by atoms with Gasteiger partial charge in [0.15, 0.2) is 0 Å². The summed E-state index contributed by atoms with van der Waals surface area (Å²) in [4.78, 5) is 11.8. The van der Waals surface area contributed by atoms with Gasteiger partial charge in [-0.3, -0.25) is 0 Å². The molecule has 0 fully saturated rings. The standard InChI is InChI=1S/C26H32N2O4S/c1-26(2,3)32-25(29)27-18-20-12-14-21(15-13-20)19-28(33(4,30)31)17-16-23-10-7-9-22-8-5-6-11-24(22)23/h5-15H,16-19H2,1-4H3,(H,27,29). The molecule has 0 spiro atoms. The number of sulfonamides is 1. The molecule has 0 unspecified atom stereocenters. The number of alkyl carbamates (subject to hydrolysis) is 1. The van der Waals surface area contributed by atoms with Crippen LogP contribution in [0.2, 0.25) is 0 Å². The van der Waals surface area contributed by atoms with Crippen molar-refractivity contribution in [2.24, 2.45) is 0 Å². The Morgan fingerprint density at radius 3 is 2.24 bits per heavy atom. The fourth-order valence-electron chi connectivity index (χ4n) is 3.57. The predicted octanol–water partition coefficient (Wildman–Crippen LogP) is 4.87. The van der Waals surface area contributed by atoms with Gasteiger partial charge >= 0.3 is 6.09 Å². The van der Waals surface area contributed by atoms with Gasteiger partial charge in [-0.15, -0.1) is 0 Å². The first-order valence-corrected chi connectivity index (χ1v) is 12.8. The number of fused-ring (bicyclic) bond motifs is 1. The van der Waals surface area contributed by atoms with Crippen molar-refractivity contribution in [3.8, 4) is 0 Å². The maximum absolute atomic E-state index is 12.4. The lowest BCUT2D eigenvalue weighted by atomic mass is 10.0. The van der Waals surface area contributed by atoms with Crippen LogP contribution in [0.4, 0.5) is 4.79 Å². The van der Waals surface area contributed by atoms with Gasteiger partial charge in [-0.2, -0.15) is 4.31 Å². The van der Waals surface area contributed by atoms with Gasteiger partial charge in [-0.05, 0) is 54.7 Å². The van der Waals surface area contributed by atoms with Gasteiger partial charge in [0, 0.05) is 19.6 Å². The summed E-state index contributed by atoms with van der Waals surface area (Å²) in [6.07, 6.45) is 1.41. The average Bonchev–Trinajstić information content (AvgIpc) is 2.74. The molecule has 33 heavy (non-hydrogen) atoms. The third-order valence-electron chi connectivity index (χ3n) is 5.20. The van der Waals surface area contributed by atoms with Crippen molar-refractivity contribution >= 4 is 26.9 Å². The largest absolute Gasteiger partial charge is 0.444 e. The van der Waals surface area contributed by atoms with E-state index in [1.165, 1.54) is 10.6 Å². The second kappa shape index (κ2) is 10.4. The zero-order chi connectivity index (χ0) is 24.1. The van der Waals surface area contributed by atoms with E-state index in [2.05, 4.69) is 29.6 Å². The van der Waals surface area contributed by atoms with E-state index in [0.717, 1.165) is 27.5 Å². The number of nitrogens with zero attached hydrogens (tertiary/aromatic N) is 1. The SMILES string of the molecule is CC(C)(C)OC(=O)NCc1ccc(CN(CCc2cccc3ccccc23)S(C)(=O)=O)cc1. The van der Waals surface area contributed by atoms with E-state index >= 15 is 0 Å². The molecule has 0 aromatic heterocycles. The fraction of sp³-hybridized carbons (Fsp3) is 0.346. The van der Waals surface area contributed by atoms with Gasteiger partial charge in [0.25, 0.3) is 0 Å². The van der Waals surface area contributed by atoms with Gasteiger partial charge in [0.1, 0.15) is 5.60 Å². The zero-order valence-corrected chi connectivity index (χ0v) is 20.5. The van der Waals surface area contributed by atoms with Crippen molar-refractivity contribution in [3.05, 3.63) is 83.4 Å². The highest BCUT2D eigenvalue weighted by Crippen LogP contribution is 2.20. The number of amides is 1. The van der Waals surface area contributed by atoms with Crippen LogP contribution in [-0.4, -0.2) is 37.2 Å². The highest BCUT2D eigenvalue weighted by Gasteiger charge is 2.18. The minimum atomic E-state index is -3.38. The Labute approximate surface area is 196 Å². The highest BCUT2D eigenvalue weighted by molar-refractivity contribution is 7.88. The zero-order valence-electron chi connectivity index (χ0n) is 19.7. The van der Waals surface area contributed by atoms with Gasteiger partial charge in [-0.1, -0.05) is 66.7 Å². The van der Waals surface area contributed by atoms with Gasteiger partial charge in [0.2, 0.25) is 10.0 Å². The topological polar surface area (TPSA) is 75.7 Å². The van der Waals surface area contributed by atoms with E-state index in [1.807, 2.05) is 63.2 Å². The molecule has 0 saturated carbocycles. The van der Waals surface area contributed by atoms with Crippen LogP contribution in [0, 0.1) is 0 Å². The summed E-state index contributed by atoms with van der Waals surface area (Å²) < 4.78 is 31.6. The second-order valence-electron chi connectivity index (χ2n) is 9.16. The van der Waals surface area contributed by atoms with E-state index < -0.39 is 21.7 Å². The van der Waals surface area contributed by atoms with Crippen LogP contribution in [0.25, 0.3) is 10.8 Å². The summed E-state index contributed by atoms with van der Waals surface area (Å²) in [6, 6.07) is 21.8. The third-order valence-corrected chi connectivity index (χ3v) is 6.45. The number of hydrogen-bond donors (Lipinski definition) is 1. The fourth-order valence-corrected chi connectivity index (χ4v) is 4.38. The molecule has 0 heterocycles. The van der Waals surface area contributed by atoms with Crippen molar-refractivity contribution in [3.63, 3.8) is 0 Å². The van der Waals surface area contributed by atoms with Crippen LogP contribution in [-0.2, 0) is 34.3 Å². The number of ether oxygens (including phenoxy) is 1. The molecule has 0 radical (unpaired) electrons. The van der Waals surface area contributed by atoms with Crippen molar-refractivity contribution in [1.82, 2.24) is 9.62 Å². The number of hydrogen-bond acceptors (Lipinski definition) is 4. The number of nitrogens with one attached hydrogen (secondary N) is 1. The van der Waals surface area contributed by atoms with Crippen LogP contribution in [0.3, 0.4) is 0 Å². The molecule has 1 N–H and O–H groups in total. The quantitative estimate of drug-likeness (QED) is 0.512. The smallest absolute Gasteiger partial charge is 0.407 e. The molecule has 3 aromatic carbocycles. The van der Waals surface area contributed by atoms with Crippen LogP contribution in [0.5, 0.6) is 0 Å². The van der Waals surface area contributed by atoms with Crippen molar-refractivity contribution in [1.29, 1.82) is 0 Å². The van der Waals surface area contributed by atoms with Crippen LogP contribution >= 0.6 is 0 Å². The van der Waals surface area contributed by atoms with E-state index in [0.29, 0.717) is 26.1 Å². The van der Waals surface area contributed by atoms with E-state index in [1.54, 1.807) is 0 Å². The first-order valence-electron chi connectivity index (χ1n) is 11.0. The Morgan fingerprint density at radius 2 is 1.58 bits per heavy atom. The van der Waals surface area contributed by atoms with Crippen LogP contribution in [0.15, 0.2) is 66.7 Å². The average molecular weight is 469 g/mol. The lowest BCUT2D eigenvalue weighted by molar-refractivity contribution is 0.0523. The molecule has 0 bridgehead atoms. The van der Waals surface area contributed by atoms with Crippen LogP contribution in [0.1, 0.15) is 37.5 Å². The second-order valence-corrected chi connectivity index (χ2v) is 11.1. The Kier molecular flexibility index (Phi) is 7.76. The molecule has 6 nitrogen and oxygen atoms in total. The summed E-state index contributed by atoms with van der Waals surface area (Å²) in [6.45, 7) is 6.48. The van der Waals surface area contributed by atoms with Gasteiger partial charge in [0.05, 0.1) is 6.26 Å². The Hall–Kier alpha value is -2.90. The summed E-state index contributed by atoms with van der Waals surface area (Å²) >= 11 is 0. The molecular weight excluding hydrogens is 436 g/mol. The summed E-state index contributed by atoms with van der Waals surface area (Å²) in [7, 11) is -3.38. The highest BCUT2D eigenvalue weighted by atomic mass is 32.2. The van der Waals surface area contributed by atoms with Crippen molar-refractivity contribution < 1.29 is 17.9 Å². The van der Waals surface area contributed by atoms with Crippen LogP contribution < -0.4 is 5.32 Å². The molecule has 3 rings (SSSR count). The molecule has 7 heteroatoms. The van der Waals surface area contributed by atoms with E-state index in [4.69, 9.17) is 4.74 Å². The number of carbonyl (C=O) groups excluding carboxylic acids is 1. The maximum atomic E-state index is 12.4. The Balaban J connectivity index is 1.63. The lowest BCUT2D eigenvalue weighted by Gasteiger charge is -2.21. The van der Waals surface area contributed by atoms with E-state index in [-0.39, 0.29) is 0 Å². The summed E-state index contributed by atoms with van der Waals surface area (Å²) in [5, 5.41) is 5.02. The van der Waals surface area contributed by atoms with Crippen molar-refractivity contribution in [2.75, 3.05) is 12.8 Å². The van der Waals surface area contributed by atoms with Crippen molar-refractivity contribution in [2.45, 2.75) is 45.9 Å². The number of carbonyl (C=O) groups is 1. The predicted molar refractivity (Wildman–Crippen MR) is 132 cm³/mol. The molecule has 3 aromatic rings. The normalized spacial score (nSPS) is 12.2. The molecule has 0 aliphatic rings. The first kappa shape index (κ1) is 24.7. The van der Waals surface area contributed by atoms with Gasteiger partial charge < -0.3 is 10.1 Å². The molecule has 0 aliphatic carbocycles. The minimum absolute atomic E-state index is 0.295. The molecule has 0 atom stereocenters. The first-order chi connectivity index (χ1) is 15.5. The Bertz CT molecular complexity index is 1190. The lowest BCUT2D eigenvalue weighted by Crippen LogP contribution is -2.32. The van der Waals surface area contributed by atoms with Gasteiger partial charge in [-0.25, -0.2) is 13.2 Å². The number of benzene rings is 3.